The van der Waals surface area contributed by atoms with Crippen LogP contribution in [0.15, 0.2) is 18.0 Å². The SMILES string of the molecule is CCNC1(CO[C@H]2[C@H](n3ncnc3C(N)=O)C[C@]3(C)COC[C@@]24C2=CC[C@@]5(C)[C@H](C(=O)O)[C@@](C)([C@H](C)C(C)C)CC[C@]5(C)[C@H]2CC[C@H]34)CCCCC1. The van der Waals surface area contributed by atoms with Crippen LogP contribution in [0.2, 0.25) is 0 Å². The van der Waals surface area contributed by atoms with Crippen LogP contribution < -0.4 is 11.1 Å². The van der Waals surface area contributed by atoms with E-state index in [0.717, 1.165) is 51.5 Å². The maximum Gasteiger partial charge on any atom is 0.307 e. The summed E-state index contributed by atoms with van der Waals surface area (Å²) in [5.74, 6) is -0.315. The van der Waals surface area contributed by atoms with Crippen molar-refractivity contribution in [2.24, 2.45) is 62.4 Å². The standard InChI is InChI=1S/C42H67N5O5/c1-9-45-41(16-11-10-12-17-41)23-52-33-30(47-35(34(43)48)44-25-46-47)21-37(5)22-51-24-42(33)29-15-18-40(8)32(36(49)50)38(6,27(4)26(2)3)19-20-39(40,7)28(29)13-14-31(37)42/h15,25-28,30-33,45H,9-14,16-24H2,1-8H3,(H2,43,48)(H,49,50)/t27-,28+,30-,31-,32-,33+,37-,38-,39-,40+,42+/m1/s1. The van der Waals surface area contributed by atoms with Crippen LogP contribution in [0.4, 0.5) is 0 Å². The molecule has 6 aliphatic rings. The number of carbonyl (C=O) groups is 2. The zero-order chi connectivity index (χ0) is 37.5. The number of nitrogens with zero attached hydrogens (tertiary/aromatic N) is 3. The summed E-state index contributed by atoms with van der Waals surface area (Å²) in [6.45, 7) is 21.0. The van der Waals surface area contributed by atoms with Gasteiger partial charge in [0.15, 0.2) is 0 Å². The van der Waals surface area contributed by atoms with Gasteiger partial charge in [-0.1, -0.05) is 86.3 Å². The van der Waals surface area contributed by atoms with Crippen LogP contribution in [0.1, 0.15) is 143 Å². The van der Waals surface area contributed by atoms with Crippen molar-refractivity contribution in [2.45, 2.75) is 144 Å². The number of hydrogen-bond acceptors (Lipinski definition) is 7. The van der Waals surface area contributed by atoms with Gasteiger partial charge in [-0.3, -0.25) is 9.59 Å². The number of allylic oxidation sites excluding steroid dienone is 1. The van der Waals surface area contributed by atoms with Crippen LogP contribution in [0.3, 0.4) is 0 Å². The first-order chi connectivity index (χ1) is 24.5. The highest BCUT2D eigenvalue weighted by atomic mass is 16.5. The molecule has 1 aromatic heterocycles. The molecule has 1 saturated heterocycles. The number of carboxylic acids is 1. The lowest BCUT2D eigenvalue weighted by Crippen LogP contribution is -2.70. The first kappa shape index (κ1) is 38.0. The Morgan fingerprint density at radius 1 is 1.06 bits per heavy atom. The molecule has 4 N–H and O–H groups in total. The number of carboxylic acid groups (broad SMARTS) is 1. The number of aliphatic carboxylic acids is 1. The van der Waals surface area contributed by atoms with Crippen LogP contribution in [-0.4, -0.2) is 69.8 Å². The zero-order valence-electron chi connectivity index (χ0n) is 33.3. The summed E-state index contributed by atoms with van der Waals surface area (Å²) >= 11 is 0. The van der Waals surface area contributed by atoms with Crippen LogP contribution in [0.5, 0.6) is 0 Å². The third-order valence-electron chi connectivity index (χ3n) is 17.0. The molecular weight excluding hydrogens is 654 g/mol. The second kappa shape index (κ2) is 13.2. The van der Waals surface area contributed by atoms with E-state index in [0.29, 0.717) is 38.1 Å². The van der Waals surface area contributed by atoms with E-state index in [1.165, 1.54) is 31.2 Å². The van der Waals surface area contributed by atoms with Crippen molar-refractivity contribution in [3.63, 3.8) is 0 Å². The monoisotopic (exact) mass is 722 g/mol. The number of primary amides is 1. The largest absolute Gasteiger partial charge is 0.481 e. The third-order valence-corrected chi connectivity index (χ3v) is 17.0. The highest BCUT2D eigenvalue weighted by molar-refractivity contribution is 5.89. The van der Waals surface area contributed by atoms with Crippen molar-refractivity contribution in [3.8, 4) is 0 Å². The smallest absolute Gasteiger partial charge is 0.307 e. The lowest BCUT2D eigenvalue weighted by Gasteiger charge is -2.71. The van der Waals surface area contributed by atoms with E-state index < -0.39 is 28.6 Å². The Bertz CT molecular complexity index is 1560. The van der Waals surface area contributed by atoms with E-state index in [2.05, 4.69) is 71.8 Å². The minimum atomic E-state index is -0.647. The molecule has 2 bridgehead atoms. The third kappa shape index (κ3) is 5.33. The van der Waals surface area contributed by atoms with Crippen LogP contribution in [0, 0.1) is 56.7 Å². The number of nitrogens with two attached hydrogens (primary N) is 1. The lowest BCUT2D eigenvalue weighted by atomic mass is 9.34. The first-order valence-electron chi connectivity index (χ1n) is 20.6. The molecule has 5 aliphatic carbocycles. The number of nitrogens with one attached hydrogen (secondary N) is 1. The van der Waals surface area contributed by atoms with Crippen LogP contribution >= 0.6 is 0 Å². The van der Waals surface area contributed by atoms with Gasteiger partial charge in [0.1, 0.15) is 6.33 Å². The van der Waals surface area contributed by atoms with E-state index in [-0.39, 0.29) is 51.6 Å². The fourth-order valence-corrected chi connectivity index (χ4v) is 14.0. The molecule has 1 aromatic rings. The highest BCUT2D eigenvalue weighted by Crippen LogP contribution is 2.75. The molecule has 1 aliphatic heterocycles. The van der Waals surface area contributed by atoms with Crippen molar-refractivity contribution in [1.29, 1.82) is 0 Å². The number of rotatable bonds is 10. The Kier molecular flexibility index (Phi) is 9.63. The molecule has 52 heavy (non-hydrogen) atoms. The summed E-state index contributed by atoms with van der Waals surface area (Å²) in [7, 11) is 0. The molecule has 0 unspecified atom stereocenters. The van der Waals surface area contributed by atoms with Gasteiger partial charge in [0.25, 0.3) is 5.91 Å². The average molecular weight is 722 g/mol. The molecule has 10 nitrogen and oxygen atoms in total. The van der Waals surface area contributed by atoms with Gasteiger partial charge in [-0.05, 0) is 103 Å². The van der Waals surface area contributed by atoms with Gasteiger partial charge >= 0.3 is 5.97 Å². The van der Waals surface area contributed by atoms with Crippen molar-refractivity contribution < 1.29 is 24.2 Å². The van der Waals surface area contributed by atoms with Gasteiger partial charge in [-0.15, -0.1) is 0 Å². The van der Waals surface area contributed by atoms with Gasteiger partial charge in [-0.2, -0.15) is 5.10 Å². The number of fused-ring (bicyclic) bond motifs is 3. The maximum atomic E-state index is 13.6. The summed E-state index contributed by atoms with van der Waals surface area (Å²) in [4.78, 5) is 30.8. The summed E-state index contributed by atoms with van der Waals surface area (Å²) in [5, 5.41) is 19.7. The maximum absolute atomic E-state index is 13.6. The molecule has 5 fully saturated rings. The summed E-state index contributed by atoms with van der Waals surface area (Å²) < 4.78 is 16.1. The summed E-state index contributed by atoms with van der Waals surface area (Å²) in [6.07, 6.45) is 14.8. The first-order valence-corrected chi connectivity index (χ1v) is 20.6. The normalized spacial score (nSPS) is 43.1. The number of carbonyl (C=O) groups excluding carboxylic acids is 1. The zero-order valence-corrected chi connectivity index (χ0v) is 33.3. The predicted molar refractivity (Wildman–Crippen MR) is 200 cm³/mol. The van der Waals surface area contributed by atoms with Gasteiger partial charge in [0, 0.05) is 11.0 Å². The lowest BCUT2D eigenvalue weighted by molar-refractivity contribution is -0.255. The van der Waals surface area contributed by atoms with Crippen molar-refractivity contribution in [2.75, 3.05) is 26.4 Å². The van der Waals surface area contributed by atoms with E-state index in [9.17, 15) is 14.7 Å². The molecule has 7 rings (SSSR count). The summed E-state index contributed by atoms with van der Waals surface area (Å²) in [6, 6.07) is -0.258. The van der Waals surface area contributed by atoms with Crippen LogP contribution in [0.25, 0.3) is 0 Å². The quantitative estimate of drug-likeness (QED) is 0.216. The van der Waals surface area contributed by atoms with Gasteiger partial charge in [-0.25, -0.2) is 9.67 Å². The van der Waals surface area contributed by atoms with Crippen molar-refractivity contribution in [1.82, 2.24) is 20.1 Å². The molecule has 0 radical (unpaired) electrons. The fourth-order valence-electron chi connectivity index (χ4n) is 14.0. The van der Waals surface area contributed by atoms with Crippen molar-refractivity contribution in [3.05, 3.63) is 23.8 Å². The Balaban J connectivity index is 1.38. The van der Waals surface area contributed by atoms with Gasteiger partial charge in [0.05, 0.1) is 37.9 Å². The highest BCUT2D eigenvalue weighted by Gasteiger charge is 2.73. The van der Waals surface area contributed by atoms with E-state index in [1.54, 1.807) is 4.68 Å². The second-order valence-corrected chi connectivity index (χ2v) is 19.6. The topological polar surface area (TPSA) is 142 Å². The minimum Gasteiger partial charge on any atom is -0.481 e. The predicted octanol–water partition coefficient (Wildman–Crippen LogP) is 7.20. The molecule has 10 heteroatoms. The Morgan fingerprint density at radius 3 is 2.44 bits per heavy atom. The number of likely N-dealkylation sites (N-methyl/N-ethyl adjacent to an activating group) is 1. The van der Waals surface area contributed by atoms with E-state index in [1.807, 2.05) is 0 Å². The van der Waals surface area contributed by atoms with Crippen LogP contribution in [-0.2, 0) is 14.3 Å². The van der Waals surface area contributed by atoms with Gasteiger partial charge in [0.2, 0.25) is 5.82 Å². The second-order valence-electron chi connectivity index (χ2n) is 19.6. The number of ether oxygens (including phenoxy) is 2. The number of hydrogen-bond donors (Lipinski definition) is 3. The molecule has 290 valence electrons. The minimum absolute atomic E-state index is 0.107. The Labute approximate surface area is 311 Å². The Hall–Kier alpha value is -2.30. The number of aromatic nitrogens is 3. The Morgan fingerprint density at radius 2 is 1.79 bits per heavy atom. The molecular formula is C42H67N5O5. The number of amides is 1. The van der Waals surface area contributed by atoms with E-state index >= 15 is 0 Å². The molecule has 2 heterocycles. The fraction of sp³-hybridized carbons (Fsp3) is 0.857. The molecule has 11 atom stereocenters. The summed E-state index contributed by atoms with van der Waals surface area (Å²) in [5.41, 5.74) is 5.68. The average Bonchev–Trinajstić information content (AvgIpc) is 3.59. The molecule has 0 aromatic carbocycles. The molecule has 0 spiro atoms. The van der Waals surface area contributed by atoms with E-state index in [4.69, 9.17) is 20.3 Å². The molecule has 1 amide bonds. The van der Waals surface area contributed by atoms with Gasteiger partial charge < -0.3 is 25.6 Å². The van der Waals surface area contributed by atoms with Crippen molar-refractivity contribution >= 4 is 11.9 Å². The molecule has 4 saturated carbocycles.